The molecule has 19 heavy (non-hydrogen) atoms. The highest BCUT2D eigenvalue weighted by molar-refractivity contribution is 5.78. The first kappa shape index (κ1) is 13.3. The molecule has 2 rings (SSSR count). The summed E-state index contributed by atoms with van der Waals surface area (Å²) >= 11 is 0. The van der Waals surface area contributed by atoms with Crippen LogP contribution in [0.15, 0.2) is 30.3 Å². The summed E-state index contributed by atoms with van der Waals surface area (Å²) in [5.74, 6) is 0.0420. The molecule has 0 aliphatic heterocycles. The first-order chi connectivity index (χ1) is 9.08. The molecule has 0 unspecified atom stereocenters. The highest BCUT2D eigenvalue weighted by atomic mass is 16.3. The highest BCUT2D eigenvalue weighted by Gasteiger charge is 2.16. The van der Waals surface area contributed by atoms with Crippen molar-refractivity contribution < 1.29 is 15.3 Å². The lowest BCUT2D eigenvalue weighted by atomic mass is 9.93. The summed E-state index contributed by atoms with van der Waals surface area (Å²) in [6.45, 7) is 3.95. The lowest BCUT2D eigenvalue weighted by Gasteiger charge is -2.15. The molecule has 3 N–H and O–H groups in total. The van der Waals surface area contributed by atoms with Crippen LogP contribution in [0, 0.1) is 0 Å². The van der Waals surface area contributed by atoms with Gasteiger partial charge in [0.2, 0.25) is 0 Å². The number of phenols is 3. The molecule has 2 aromatic rings. The monoisotopic (exact) mass is 258 g/mol. The number of aryl methyl sites for hydroxylation is 2. The Bertz CT molecular complexity index is 586. The second kappa shape index (κ2) is 5.22. The van der Waals surface area contributed by atoms with Gasteiger partial charge in [-0.05, 0) is 41.7 Å². The van der Waals surface area contributed by atoms with Gasteiger partial charge in [0, 0.05) is 5.56 Å². The van der Waals surface area contributed by atoms with Gasteiger partial charge in [-0.2, -0.15) is 0 Å². The lowest BCUT2D eigenvalue weighted by Crippen LogP contribution is -1.93. The van der Waals surface area contributed by atoms with E-state index in [1.807, 2.05) is 19.9 Å². The topological polar surface area (TPSA) is 60.7 Å². The van der Waals surface area contributed by atoms with Crippen LogP contribution in [0.2, 0.25) is 0 Å². The van der Waals surface area contributed by atoms with E-state index in [4.69, 9.17) is 0 Å². The molecule has 0 amide bonds. The second-order valence-corrected chi connectivity index (χ2v) is 4.52. The summed E-state index contributed by atoms with van der Waals surface area (Å²) < 4.78 is 0. The quantitative estimate of drug-likeness (QED) is 0.737. The molecular formula is C16H18O3. The van der Waals surface area contributed by atoms with Gasteiger partial charge in [-0.25, -0.2) is 0 Å². The minimum Gasteiger partial charge on any atom is -0.508 e. The number of aromatic hydroxyl groups is 3. The van der Waals surface area contributed by atoms with E-state index in [1.54, 1.807) is 24.3 Å². The van der Waals surface area contributed by atoms with Crippen LogP contribution in [0.3, 0.4) is 0 Å². The third kappa shape index (κ3) is 2.36. The number of hydrogen-bond donors (Lipinski definition) is 3. The molecule has 0 atom stereocenters. The lowest BCUT2D eigenvalue weighted by molar-refractivity contribution is 0.400. The van der Waals surface area contributed by atoms with Gasteiger partial charge in [0.25, 0.3) is 0 Å². The van der Waals surface area contributed by atoms with Crippen molar-refractivity contribution in [3.63, 3.8) is 0 Å². The molecule has 3 heteroatoms. The molecule has 2 aromatic carbocycles. The SMILES string of the molecule is CCc1cc(CC)c(-c2ccc(O)cc2)c(O)c1O. The highest BCUT2D eigenvalue weighted by Crippen LogP contribution is 2.42. The van der Waals surface area contributed by atoms with Gasteiger partial charge >= 0.3 is 0 Å². The Morgan fingerprint density at radius 3 is 1.89 bits per heavy atom. The fourth-order valence-corrected chi connectivity index (χ4v) is 2.27. The second-order valence-electron chi connectivity index (χ2n) is 4.52. The Morgan fingerprint density at radius 2 is 1.37 bits per heavy atom. The van der Waals surface area contributed by atoms with Gasteiger partial charge in [0.1, 0.15) is 5.75 Å². The minimum absolute atomic E-state index is 0.0530. The zero-order valence-corrected chi connectivity index (χ0v) is 11.1. The third-order valence-electron chi connectivity index (χ3n) is 3.35. The van der Waals surface area contributed by atoms with Gasteiger partial charge < -0.3 is 15.3 Å². The molecule has 0 spiro atoms. The van der Waals surface area contributed by atoms with E-state index in [0.29, 0.717) is 12.0 Å². The molecule has 0 saturated heterocycles. The Morgan fingerprint density at radius 1 is 0.789 bits per heavy atom. The van der Waals surface area contributed by atoms with E-state index < -0.39 is 0 Å². The Balaban J connectivity index is 2.68. The summed E-state index contributed by atoms with van der Waals surface area (Å²) in [4.78, 5) is 0. The standard InChI is InChI=1S/C16H18O3/c1-3-10-9-11(4-2)15(18)16(19)14(10)12-5-7-13(17)8-6-12/h5-9,17-19H,3-4H2,1-2H3. The predicted molar refractivity (Wildman–Crippen MR) is 75.6 cm³/mol. The average molecular weight is 258 g/mol. The molecule has 3 nitrogen and oxygen atoms in total. The molecule has 0 aliphatic carbocycles. The predicted octanol–water partition coefficient (Wildman–Crippen LogP) is 3.60. The van der Waals surface area contributed by atoms with Crippen molar-refractivity contribution in [3.05, 3.63) is 41.5 Å². The van der Waals surface area contributed by atoms with Crippen LogP contribution in [0.4, 0.5) is 0 Å². The van der Waals surface area contributed by atoms with Crippen molar-refractivity contribution in [3.8, 4) is 28.4 Å². The maximum Gasteiger partial charge on any atom is 0.165 e. The van der Waals surface area contributed by atoms with E-state index >= 15 is 0 Å². The van der Waals surface area contributed by atoms with Crippen LogP contribution in [-0.2, 0) is 12.8 Å². The smallest absolute Gasteiger partial charge is 0.165 e. The van der Waals surface area contributed by atoms with Gasteiger partial charge in [0.05, 0.1) is 0 Å². The van der Waals surface area contributed by atoms with E-state index in [-0.39, 0.29) is 17.2 Å². The maximum atomic E-state index is 10.2. The maximum absolute atomic E-state index is 10.2. The summed E-state index contributed by atoms with van der Waals surface area (Å²) in [5, 5.41) is 29.6. The Hall–Kier alpha value is -2.16. The average Bonchev–Trinajstić information content (AvgIpc) is 2.43. The molecule has 0 aromatic heterocycles. The van der Waals surface area contributed by atoms with E-state index in [0.717, 1.165) is 23.1 Å². The van der Waals surface area contributed by atoms with Crippen molar-refractivity contribution >= 4 is 0 Å². The molecular weight excluding hydrogens is 240 g/mol. The van der Waals surface area contributed by atoms with Gasteiger partial charge in [-0.1, -0.05) is 32.0 Å². The normalized spacial score (nSPS) is 10.6. The number of phenolic OH excluding ortho intramolecular Hbond substituents is 3. The van der Waals surface area contributed by atoms with Crippen LogP contribution in [0.1, 0.15) is 25.0 Å². The van der Waals surface area contributed by atoms with Crippen LogP contribution in [0.5, 0.6) is 17.2 Å². The van der Waals surface area contributed by atoms with Crippen LogP contribution in [0.25, 0.3) is 11.1 Å². The van der Waals surface area contributed by atoms with Crippen molar-refractivity contribution in [1.29, 1.82) is 0 Å². The summed E-state index contributed by atoms with van der Waals surface area (Å²) in [6.07, 6.45) is 1.43. The first-order valence-corrected chi connectivity index (χ1v) is 6.44. The summed E-state index contributed by atoms with van der Waals surface area (Å²) in [5.41, 5.74) is 3.15. The fraction of sp³-hybridized carbons (Fsp3) is 0.250. The van der Waals surface area contributed by atoms with Crippen molar-refractivity contribution in [2.24, 2.45) is 0 Å². The van der Waals surface area contributed by atoms with Crippen molar-refractivity contribution in [2.45, 2.75) is 26.7 Å². The van der Waals surface area contributed by atoms with Crippen molar-refractivity contribution in [2.75, 3.05) is 0 Å². The van der Waals surface area contributed by atoms with Crippen LogP contribution in [-0.4, -0.2) is 15.3 Å². The van der Waals surface area contributed by atoms with E-state index in [2.05, 4.69) is 0 Å². The molecule has 0 radical (unpaired) electrons. The molecule has 0 heterocycles. The molecule has 0 aliphatic rings. The summed E-state index contributed by atoms with van der Waals surface area (Å²) in [7, 11) is 0. The van der Waals surface area contributed by atoms with Gasteiger partial charge in [-0.3, -0.25) is 0 Å². The van der Waals surface area contributed by atoms with Crippen molar-refractivity contribution in [1.82, 2.24) is 0 Å². The summed E-state index contributed by atoms with van der Waals surface area (Å²) in [6, 6.07) is 8.53. The minimum atomic E-state index is -0.0816. The Labute approximate surface area is 112 Å². The van der Waals surface area contributed by atoms with Gasteiger partial charge in [0.15, 0.2) is 11.5 Å². The Kier molecular flexibility index (Phi) is 3.65. The third-order valence-corrected chi connectivity index (χ3v) is 3.35. The van der Waals surface area contributed by atoms with Gasteiger partial charge in [-0.15, -0.1) is 0 Å². The van der Waals surface area contributed by atoms with Crippen LogP contribution < -0.4 is 0 Å². The number of benzene rings is 2. The van der Waals surface area contributed by atoms with E-state index in [9.17, 15) is 15.3 Å². The number of hydrogen-bond acceptors (Lipinski definition) is 3. The first-order valence-electron chi connectivity index (χ1n) is 6.44. The zero-order valence-electron chi connectivity index (χ0n) is 11.1. The largest absolute Gasteiger partial charge is 0.508 e. The fourth-order valence-electron chi connectivity index (χ4n) is 2.27. The van der Waals surface area contributed by atoms with E-state index in [1.165, 1.54) is 0 Å². The molecule has 0 saturated carbocycles. The zero-order chi connectivity index (χ0) is 14.0. The molecule has 100 valence electrons. The number of rotatable bonds is 3. The van der Waals surface area contributed by atoms with Crippen LogP contribution >= 0.6 is 0 Å². The molecule has 0 bridgehead atoms. The molecule has 0 fully saturated rings.